The molecule has 84 valence electrons. The van der Waals surface area contributed by atoms with Gasteiger partial charge in [-0.05, 0) is 30.7 Å². The maximum atomic E-state index is 10.7. The zero-order valence-electron chi connectivity index (χ0n) is 8.69. The van der Waals surface area contributed by atoms with E-state index < -0.39 is 5.97 Å². The number of carboxylic acid groups (broad SMARTS) is 1. The lowest BCUT2D eigenvalue weighted by Crippen LogP contribution is -2.29. The average molecular weight is 238 g/mol. The lowest BCUT2D eigenvalue weighted by molar-refractivity contribution is -0.132. The Morgan fingerprint density at radius 2 is 2.00 bits per heavy atom. The molecule has 0 aromatic heterocycles. The molecule has 0 atom stereocenters. The molecular weight excluding hydrogens is 226 g/mol. The summed E-state index contributed by atoms with van der Waals surface area (Å²) in [4.78, 5) is 12.9. The van der Waals surface area contributed by atoms with E-state index in [1.54, 1.807) is 6.08 Å². The normalized spacial score (nSPS) is 15.8. The molecule has 3 nitrogen and oxygen atoms in total. The molecule has 0 radical (unpaired) electrons. The Labute approximate surface area is 98.9 Å². The number of nitrogens with zero attached hydrogens (tertiary/aromatic N) is 1. The number of hydrogen-bond acceptors (Lipinski definition) is 2. The predicted octanol–water partition coefficient (Wildman–Crippen LogP) is 2.56. The molecule has 4 heteroatoms. The van der Waals surface area contributed by atoms with E-state index in [4.69, 9.17) is 16.7 Å². The van der Waals surface area contributed by atoms with Gasteiger partial charge in [0.15, 0.2) is 0 Å². The van der Waals surface area contributed by atoms with Gasteiger partial charge >= 0.3 is 5.97 Å². The SMILES string of the molecule is O=C(O)C1=CCN(c2ccc(Cl)cc2)CC1. The van der Waals surface area contributed by atoms with Gasteiger partial charge in [-0.3, -0.25) is 0 Å². The van der Waals surface area contributed by atoms with Gasteiger partial charge in [-0.15, -0.1) is 0 Å². The lowest BCUT2D eigenvalue weighted by Gasteiger charge is -2.27. The summed E-state index contributed by atoms with van der Waals surface area (Å²) >= 11 is 5.81. The van der Waals surface area contributed by atoms with Crippen LogP contribution in [0.1, 0.15) is 6.42 Å². The summed E-state index contributed by atoms with van der Waals surface area (Å²) in [6, 6.07) is 7.57. The van der Waals surface area contributed by atoms with Crippen LogP contribution in [0.25, 0.3) is 0 Å². The van der Waals surface area contributed by atoms with Gasteiger partial charge in [0.05, 0.1) is 0 Å². The molecule has 16 heavy (non-hydrogen) atoms. The summed E-state index contributed by atoms with van der Waals surface area (Å²) in [7, 11) is 0. The minimum Gasteiger partial charge on any atom is -0.478 e. The van der Waals surface area contributed by atoms with Crippen molar-refractivity contribution in [2.45, 2.75) is 6.42 Å². The molecule has 0 spiro atoms. The van der Waals surface area contributed by atoms with Gasteiger partial charge in [-0.1, -0.05) is 17.7 Å². The van der Waals surface area contributed by atoms with E-state index in [-0.39, 0.29) is 0 Å². The van der Waals surface area contributed by atoms with Crippen LogP contribution in [0.3, 0.4) is 0 Å². The van der Waals surface area contributed by atoms with Crippen LogP contribution in [0.5, 0.6) is 0 Å². The number of halogens is 1. The van der Waals surface area contributed by atoms with E-state index in [9.17, 15) is 4.79 Å². The van der Waals surface area contributed by atoms with Crippen LogP contribution < -0.4 is 4.90 Å². The fourth-order valence-electron chi connectivity index (χ4n) is 1.75. The number of aliphatic carboxylic acids is 1. The third kappa shape index (κ3) is 2.36. The first-order valence-electron chi connectivity index (χ1n) is 5.09. The van der Waals surface area contributed by atoms with Crippen LogP contribution >= 0.6 is 11.6 Å². The minimum absolute atomic E-state index is 0.505. The summed E-state index contributed by atoms with van der Waals surface area (Å²) in [6.45, 7) is 1.38. The fraction of sp³-hybridized carbons (Fsp3) is 0.250. The monoisotopic (exact) mass is 237 g/mol. The molecule has 1 N–H and O–H groups in total. The maximum absolute atomic E-state index is 10.7. The number of benzene rings is 1. The third-order valence-corrected chi connectivity index (χ3v) is 2.93. The molecular formula is C12H12ClNO2. The van der Waals surface area contributed by atoms with Crippen LogP contribution in [0.15, 0.2) is 35.9 Å². The smallest absolute Gasteiger partial charge is 0.331 e. The van der Waals surface area contributed by atoms with E-state index in [0.717, 1.165) is 12.2 Å². The van der Waals surface area contributed by atoms with Gasteiger partial charge in [0.2, 0.25) is 0 Å². The van der Waals surface area contributed by atoms with Gasteiger partial charge in [0.25, 0.3) is 0 Å². The number of carboxylic acids is 1. The zero-order valence-corrected chi connectivity index (χ0v) is 9.44. The molecule has 1 aromatic carbocycles. The molecule has 0 aliphatic carbocycles. The van der Waals surface area contributed by atoms with E-state index in [1.807, 2.05) is 24.3 Å². The van der Waals surface area contributed by atoms with Gasteiger partial charge in [0.1, 0.15) is 0 Å². The van der Waals surface area contributed by atoms with Crippen molar-refractivity contribution in [2.24, 2.45) is 0 Å². The second kappa shape index (κ2) is 4.58. The summed E-state index contributed by atoms with van der Waals surface area (Å²) in [5, 5.41) is 9.54. The number of carbonyl (C=O) groups is 1. The predicted molar refractivity (Wildman–Crippen MR) is 64.0 cm³/mol. The van der Waals surface area contributed by atoms with Gasteiger partial charge < -0.3 is 10.0 Å². The molecule has 0 bridgehead atoms. The van der Waals surface area contributed by atoms with Crippen molar-refractivity contribution in [2.75, 3.05) is 18.0 Å². The second-order valence-electron chi connectivity index (χ2n) is 3.71. The Morgan fingerprint density at radius 1 is 1.31 bits per heavy atom. The summed E-state index contributed by atoms with van der Waals surface area (Å²) in [5.41, 5.74) is 1.58. The highest BCUT2D eigenvalue weighted by Gasteiger charge is 2.15. The van der Waals surface area contributed by atoms with E-state index in [0.29, 0.717) is 23.6 Å². The van der Waals surface area contributed by atoms with Gasteiger partial charge in [0, 0.05) is 29.4 Å². The van der Waals surface area contributed by atoms with Crippen molar-refractivity contribution in [3.8, 4) is 0 Å². The Balaban J connectivity index is 2.09. The molecule has 1 aromatic rings. The van der Waals surface area contributed by atoms with Crippen LogP contribution in [-0.2, 0) is 4.79 Å². The fourth-order valence-corrected chi connectivity index (χ4v) is 1.88. The van der Waals surface area contributed by atoms with Crippen molar-refractivity contribution in [3.63, 3.8) is 0 Å². The molecule has 1 heterocycles. The molecule has 0 fully saturated rings. The van der Waals surface area contributed by atoms with Crippen LogP contribution in [-0.4, -0.2) is 24.2 Å². The maximum Gasteiger partial charge on any atom is 0.331 e. The lowest BCUT2D eigenvalue weighted by atomic mass is 10.1. The van der Waals surface area contributed by atoms with Crippen LogP contribution in [0, 0.1) is 0 Å². The molecule has 0 saturated heterocycles. The Morgan fingerprint density at radius 3 is 2.50 bits per heavy atom. The topological polar surface area (TPSA) is 40.5 Å². The first kappa shape index (κ1) is 11.0. The molecule has 0 unspecified atom stereocenters. The van der Waals surface area contributed by atoms with E-state index in [2.05, 4.69) is 4.90 Å². The molecule has 0 saturated carbocycles. The highest BCUT2D eigenvalue weighted by molar-refractivity contribution is 6.30. The first-order valence-corrected chi connectivity index (χ1v) is 5.47. The Hall–Kier alpha value is -1.48. The first-order chi connectivity index (χ1) is 7.66. The standard InChI is InChI=1S/C12H12ClNO2/c13-10-1-3-11(4-2-10)14-7-5-9(6-8-14)12(15)16/h1-5H,6-8H2,(H,15,16). The quantitative estimate of drug-likeness (QED) is 0.860. The second-order valence-corrected chi connectivity index (χ2v) is 4.14. The Kier molecular flexibility index (Phi) is 3.15. The molecule has 0 amide bonds. The Bertz CT molecular complexity index is 425. The number of rotatable bonds is 2. The van der Waals surface area contributed by atoms with Gasteiger partial charge in [-0.25, -0.2) is 4.79 Å². The van der Waals surface area contributed by atoms with Crippen molar-refractivity contribution in [1.82, 2.24) is 0 Å². The van der Waals surface area contributed by atoms with Crippen LogP contribution in [0.4, 0.5) is 5.69 Å². The highest BCUT2D eigenvalue weighted by Crippen LogP contribution is 2.21. The minimum atomic E-state index is -0.809. The summed E-state index contributed by atoms with van der Waals surface area (Å²) in [6.07, 6.45) is 2.35. The summed E-state index contributed by atoms with van der Waals surface area (Å²) in [5.74, 6) is -0.809. The van der Waals surface area contributed by atoms with Crippen molar-refractivity contribution in [1.29, 1.82) is 0 Å². The van der Waals surface area contributed by atoms with Crippen molar-refractivity contribution in [3.05, 3.63) is 40.9 Å². The van der Waals surface area contributed by atoms with E-state index >= 15 is 0 Å². The zero-order chi connectivity index (χ0) is 11.5. The van der Waals surface area contributed by atoms with Crippen LogP contribution in [0.2, 0.25) is 5.02 Å². The molecule has 2 rings (SSSR count). The molecule has 1 aliphatic heterocycles. The largest absolute Gasteiger partial charge is 0.478 e. The summed E-state index contributed by atoms with van der Waals surface area (Å²) < 4.78 is 0. The number of anilines is 1. The van der Waals surface area contributed by atoms with E-state index in [1.165, 1.54) is 0 Å². The number of hydrogen-bond donors (Lipinski definition) is 1. The third-order valence-electron chi connectivity index (χ3n) is 2.68. The molecule has 1 aliphatic rings. The van der Waals surface area contributed by atoms with Crippen molar-refractivity contribution < 1.29 is 9.90 Å². The highest BCUT2D eigenvalue weighted by atomic mass is 35.5. The van der Waals surface area contributed by atoms with Crippen molar-refractivity contribution >= 4 is 23.3 Å². The average Bonchev–Trinajstić information content (AvgIpc) is 2.30. The van der Waals surface area contributed by atoms with Gasteiger partial charge in [-0.2, -0.15) is 0 Å².